The summed E-state index contributed by atoms with van der Waals surface area (Å²) in [5.41, 5.74) is -0.276. The number of rotatable bonds is 6. The lowest BCUT2D eigenvalue weighted by molar-refractivity contribution is -0.908. The summed E-state index contributed by atoms with van der Waals surface area (Å²) in [4.78, 5) is 2.67. The van der Waals surface area contributed by atoms with Gasteiger partial charge in [-0.05, 0) is 29.3 Å². The maximum atomic E-state index is 10.2. The molecule has 1 aromatic carbocycles. The Morgan fingerprint density at radius 3 is 2.57 bits per heavy atom. The number of morpholine rings is 1. The lowest BCUT2D eigenvalue weighted by Crippen LogP contribution is -3.14. The average molecular weight is 477 g/mol. The van der Waals surface area contributed by atoms with Crippen LogP contribution in [0.2, 0.25) is 0 Å². The van der Waals surface area contributed by atoms with Crippen molar-refractivity contribution in [1.29, 1.82) is 21.2 Å². The molecule has 0 bridgehead atoms. The van der Waals surface area contributed by atoms with Crippen molar-refractivity contribution in [3.8, 4) is 29.7 Å². The first kappa shape index (κ1) is 24.7. The van der Waals surface area contributed by atoms with E-state index in [1.54, 1.807) is 7.11 Å². The maximum absolute atomic E-state index is 10.2. The van der Waals surface area contributed by atoms with Gasteiger partial charge in [0.05, 0.1) is 64.4 Å². The number of nitrogens with zero attached hydrogens (tertiary/aromatic N) is 3. The minimum Gasteiger partial charge on any atom is -0.493 e. The molecule has 4 atom stereocenters. The summed E-state index contributed by atoms with van der Waals surface area (Å²) in [6.45, 7) is 6.29. The second-order valence-electron chi connectivity index (χ2n) is 9.53. The highest BCUT2D eigenvalue weighted by atomic mass is 16.5. The standard InChI is InChI=1S/C26H30N6O3/c1-31-6-5-19-20(14-27)25(30)26(16-28,17-29)24(21(19)15-31)18-3-4-22(23(13-18)33-2)35-12-9-32-7-10-34-11-8-32/h3-5,13,20-21,24,30H,6-12,15H2,1-2H3/p+2. The van der Waals surface area contributed by atoms with Gasteiger partial charge in [0.1, 0.15) is 32.2 Å². The Labute approximate surface area is 206 Å². The fraction of sp³-hybridized carbons (Fsp3) is 0.538. The molecule has 4 unspecified atom stereocenters. The summed E-state index contributed by atoms with van der Waals surface area (Å²) in [5, 5.41) is 39.0. The maximum Gasteiger partial charge on any atom is 0.189 e. The number of hydrogen-bond donors (Lipinski definition) is 3. The van der Waals surface area contributed by atoms with Crippen LogP contribution in [0, 0.1) is 56.7 Å². The quantitative estimate of drug-likeness (QED) is 0.468. The second kappa shape index (κ2) is 10.5. The predicted octanol–water partition coefficient (Wildman–Crippen LogP) is -0.650. The van der Waals surface area contributed by atoms with Gasteiger partial charge in [-0.3, -0.25) is 0 Å². The molecule has 2 fully saturated rings. The highest BCUT2D eigenvalue weighted by molar-refractivity contribution is 6.00. The van der Waals surface area contributed by atoms with E-state index in [4.69, 9.17) is 19.6 Å². The number of benzene rings is 1. The van der Waals surface area contributed by atoms with Crippen molar-refractivity contribution >= 4 is 5.71 Å². The van der Waals surface area contributed by atoms with Crippen LogP contribution in [-0.2, 0) is 4.74 Å². The van der Waals surface area contributed by atoms with E-state index in [1.807, 2.05) is 24.3 Å². The monoisotopic (exact) mass is 476 g/mol. The van der Waals surface area contributed by atoms with Gasteiger partial charge in [-0.15, -0.1) is 0 Å². The summed E-state index contributed by atoms with van der Waals surface area (Å²) in [5.74, 6) is -0.512. The van der Waals surface area contributed by atoms with Gasteiger partial charge in [0.25, 0.3) is 0 Å². The normalized spacial score (nSPS) is 28.0. The average Bonchev–Trinajstić information content (AvgIpc) is 2.89. The number of methoxy groups -OCH3 is 1. The third-order valence-corrected chi connectivity index (χ3v) is 7.54. The molecule has 182 valence electrons. The van der Waals surface area contributed by atoms with E-state index in [-0.39, 0.29) is 11.6 Å². The van der Waals surface area contributed by atoms with Crippen LogP contribution in [-0.4, -0.2) is 72.4 Å². The van der Waals surface area contributed by atoms with Gasteiger partial charge < -0.3 is 29.4 Å². The fourth-order valence-electron chi connectivity index (χ4n) is 5.64. The van der Waals surface area contributed by atoms with E-state index in [0.29, 0.717) is 24.7 Å². The van der Waals surface area contributed by atoms with Crippen molar-refractivity contribution in [1.82, 2.24) is 0 Å². The molecular formula is C26H32N6O3+2. The minimum atomic E-state index is -1.73. The smallest absolute Gasteiger partial charge is 0.189 e. The molecule has 1 saturated carbocycles. The summed E-state index contributed by atoms with van der Waals surface area (Å²) >= 11 is 0. The third-order valence-electron chi connectivity index (χ3n) is 7.54. The largest absolute Gasteiger partial charge is 0.493 e. The Bertz CT molecular complexity index is 1110. The molecule has 0 spiro atoms. The summed E-state index contributed by atoms with van der Waals surface area (Å²) in [6, 6.07) is 12.0. The first-order valence-electron chi connectivity index (χ1n) is 12.0. The molecule has 2 heterocycles. The van der Waals surface area contributed by atoms with Crippen molar-refractivity contribution in [2.45, 2.75) is 5.92 Å². The number of nitriles is 3. The zero-order valence-electron chi connectivity index (χ0n) is 20.3. The van der Waals surface area contributed by atoms with Crippen LogP contribution in [0.25, 0.3) is 0 Å². The van der Waals surface area contributed by atoms with E-state index in [1.165, 1.54) is 9.80 Å². The molecule has 35 heavy (non-hydrogen) atoms. The van der Waals surface area contributed by atoms with Gasteiger partial charge in [0.15, 0.2) is 16.9 Å². The van der Waals surface area contributed by atoms with E-state index < -0.39 is 17.3 Å². The molecular weight excluding hydrogens is 444 g/mol. The van der Waals surface area contributed by atoms with Gasteiger partial charge in [-0.25, -0.2) is 0 Å². The number of ether oxygens (including phenoxy) is 3. The Balaban J connectivity index is 1.67. The van der Waals surface area contributed by atoms with E-state index in [9.17, 15) is 15.8 Å². The van der Waals surface area contributed by atoms with E-state index in [2.05, 4.69) is 25.3 Å². The lowest BCUT2D eigenvalue weighted by Gasteiger charge is -2.46. The first-order chi connectivity index (χ1) is 17.0. The SMILES string of the molecule is COc1cc(C2C3C[NH+](C)CC=C3C(C#N)C(=N)C2(C#N)C#N)ccc1OCC[NH+]1CCOCC1. The Morgan fingerprint density at radius 1 is 1.17 bits per heavy atom. The van der Waals surface area contributed by atoms with Crippen molar-refractivity contribution in [3.63, 3.8) is 0 Å². The molecule has 0 amide bonds. The molecule has 2 aliphatic heterocycles. The van der Waals surface area contributed by atoms with Gasteiger partial charge in [-0.2, -0.15) is 15.8 Å². The summed E-state index contributed by atoms with van der Waals surface area (Å²) in [6.07, 6.45) is 2.01. The molecule has 1 aromatic rings. The highest BCUT2D eigenvalue weighted by Gasteiger charge is 2.58. The van der Waals surface area contributed by atoms with Crippen LogP contribution in [0.4, 0.5) is 0 Å². The van der Waals surface area contributed by atoms with Crippen LogP contribution in [0.1, 0.15) is 11.5 Å². The minimum absolute atomic E-state index is 0.134. The molecule has 1 saturated heterocycles. The van der Waals surface area contributed by atoms with Gasteiger partial charge in [-0.1, -0.05) is 6.07 Å². The zero-order chi connectivity index (χ0) is 25.0. The molecule has 3 N–H and O–H groups in total. The third kappa shape index (κ3) is 4.49. The molecule has 9 heteroatoms. The van der Waals surface area contributed by atoms with E-state index in [0.717, 1.165) is 50.5 Å². The lowest BCUT2D eigenvalue weighted by atomic mass is 9.54. The van der Waals surface area contributed by atoms with Crippen LogP contribution in [0.5, 0.6) is 11.5 Å². The first-order valence-corrected chi connectivity index (χ1v) is 12.0. The number of likely N-dealkylation sites (N-methyl/N-ethyl adjacent to an activating group) is 1. The molecule has 3 aliphatic rings. The van der Waals surface area contributed by atoms with Crippen molar-refractivity contribution in [2.24, 2.45) is 17.3 Å². The molecule has 9 nitrogen and oxygen atoms in total. The van der Waals surface area contributed by atoms with Gasteiger partial charge in [0.2, 0.25) is 0 Å². The van der Waals surface area contributed by atoms with E-state index >= 15 is 0 Å². The van der Waals surface area contributed by atoms with Crippen LogP contribution in [0.15, 0.2) is 29.8 Å². The number of nitrogens with one attached hydrogen (secondary N) is 3. The van der Waals surface area contributed by atoms with Crippen LogP contribution < -0.4 is 19.3 Å². The predicted molar refractivity (Wildman–Crippen MR) is 126 cm³/mol. The summed E-state index contributed by atoms with van der Waals surface area (Å²) in [7, 11) is 3.62. The molecule has 0 radical (unpaired) electrons. The Hall–Kier alpha value is -3.42. The second-order valence-corrected chi connectivity index (χ2v) is 9.53. The van der Waals surface area contributed by atoms with Crippen molar-refractivity contribution in [3.05, 3.63) is 35.4 Å². The number of fused-ring (bicyclic) bond motifs is 1. The van der Waals surface area contributed by atoms with Crippen LogP contribution in [0.3, 0.4) is 0 Å². The zero-order valence-corrected chi connectivity index (χ0v) is 20.3. The summed E-state index contributed by atoms with van der Waals surface area (Å²) < 4.78 is 17.1. The molecule has 4 rings (SSSR count). The van der Waals surface area contributed by atoms with Gasteiger partial charge >= 0.3 is 0 Å². The fourth-order valence-corrected chi connectivity index (χ4v) is 5.64. The molecule has 1 aliphatic carbocycles. The van der Waals surface area contributed by atoms with Gasteiger partial charge in [0, 0.05) is 11.8 Å². The Kier molecular flexibility index (Phi) is 7.38. The highest BCUT2D eigenvalue weighted by Crippen LogP contribution is 2.53. The Morgan fingerprint density at radius 2 is 1.91 bits per heavy atom. The topological polar surface area (TPSA) is 132 Å². The van der Waals surface area contributed by atoms with Crippen molar-refractivity contribution in [2.75, 3.05) is 66.7 Å². The van der Waals surface area contributed by atoms with Crippen LogP contribution >= 0.6 is 0 Å². The number of hydrogen-bond acceptors (Lipinski definition) is 7. The molecule has 0 aromatic heterocycles. The number of quaternary nitrogens is 2. The van der Waals surface area contributed by atoms with Crippen molar-refractivity contribution < 1.29 is 24.0 Å².